The van der Waals surface area contributed by atoms with Crippen LogP contribution in [-0.2, 0) is 6.42 Å². The first-order valence-corrected chi connectivity index (χ1v) is 7.35. The van der Waals surface area contributed by atoms with Crippen LogP contribution in [0.4, 0.5) is 5.69 Å². The SMILES string of the molecule is O=[N+]([O-])c1cc(Br)ccc1CC1CCCC1Br. The molecule has 0 amide bonds. The topological polar surface area (TPSA) is 43.1 Å². The number of halogens is 2. The van der Waals surface area contributed by atoms with E-state index in [2.05, 4.69) is 31.9 Å². The van der Waals surface area contributed by atoms with Crippen LogP contribution in [0.5, 0.6) is 0 Å². The summed E-state index contributed by atoms with van der Waals surface area (Å²) in [6.45, 7) is 0. The average Bonchev–Trinajstić information content (AvgIpc) is 2.67. The molecule has 3 nitrogen and oxygen atoms in total. The van der Waals surface area contributed by atoms with Gasteiger partial charge in [-0.25, -0.2) is 0 Å². The van der Waals surface area contributed by atoms with E-state index in [-0.39, 0.29) is 10.6 Å². The Hall–Kier alpha value is -0.420. The highest BCUT2D eigenvalue weighted by molar-refractivity contribution is 9.10. The van der Waals surface area contributed by atoms with Crippen molar-refractivity contribution in [1.29, 1.82) is 0 Å². The molecule has 0 bridgehead atoms. The van der Waals surface area contributed by atoms with Gasteiger partial charge in [0.05, 0.1) is 4.92 Å². The number of hydrogen-bond acceptors (Lipinski definition) is 2. The molecule has 1 aromatic carbocycles. The van der Waals surface area contributed by atoms with E-state index in [0.717, 1.165) is 22.9 Å². The molecule has 92 valence electrons. The summed E-state index contributed by atoms with van der Waals surface area (Å²) in [6, 6.07) is 5.33. The average molecular weight is 363 g/mol. The van der Waals surface area contributed by atoms with Gasteiger partial charge in [-0.3, -0.25) is 10.1 Å². The van der Waals surface area contributed by atoms with E-state index in [0.29, 0.717) is 10.7 Å². The van der Waals surface area contributed by atoms with Gasteiger partial charge in [0, 0.05) is 20.9 Å². The maximum atomic E-state index is 11.0. The Labute approximate surface area is 117 Å². The van der Waals surface area contributed by atoms with Crippen LogP contribution < -0.4 is 0 Å². The van der Waals surface area contributed by atoms with Crippen molar-refractivity contribution in [3.8, 4) is 0 Å². The van der Waals surface area contributed by atoms with Crippen molar-refractivity contribution in [3.05, 3.63) is 38.3 Å². The first-order chi connectivity index (χ1) is 8.08. The van der Waals surface area contributed by atoms with E-state index in [1.165, 1.54) is 12.8 Å². The highest BCUT2D eigenvalue weighted by Gasteiger charge is 2.27. The molecule has 0 heterocycles. The third kappa shape index (κ3) is 3.07. The lowest BCUT2D eigenvalue weighted by Gasteiger charge is -2.13. The summed E-state index contributed by atoms with van der Waals surface area (Å²) in [5, 5.41) is 11.0. The fourth-order valence-electron chi connectivity index (χ4n) is 2.38. The lowest BCUT2D eigenvalue weighted by atomic mass is 9.97. The maximum absolute atomic E-state index is 11.0. The quantitative estimate of drug-likeness (QED) is 0.452. The Morgan fingerprint density at radius 1 is 1.41 bits per heavy atom. The van der Waals surface area contributed by atoms with Crippen molar-refractivity contribution in [1.82, 2.24) is 0 Å². The molecule has 17 heavy (non-hydrogen) atoms. The molecule has 1 aliphatic rings. The zero-order valence-corrected chi connectivity index (χ0v) is 12.4. The van der Waals surface area contributed by atoms with Crippen molar-refractivity contribution < 1.29 is 4.92 Å². The van der Waals surface area contributed by atoms with Crippen LogP contribution in [0.1, 0.15) is 24.8 Å². The van der Waals surface area contributed by atoms with Crippen molar-refractivity contribution >= 4 is 37.5 Å². The van der Waals surface area contributed by atoms with Gasteiger partial charge in [-0.1, -0.05) is 44.3 Å². The van der Waals surface area contributed by atoms with Crippen molar-refractivity contribution in [3.63, 3.8) is 0 Å². The van der Waals surface area contributed by atoms with E-state index in [1.807, 2.05) is 12.1 Å². The molecular formula is C12H13Br2NO2. The predicted octanol–water partition coefficient (Wildman–Crippen LogP) is 4.46. The molecule has 5 heteroatoms. The fourth-order valence-corrected chi connectivity index (χ4v) is 3.51. The number of rotatable bonds is 3. The Bertz CT molecular complexity index is 437. The third-order valence-electron chi connectivity index (χ3n) is 3.29. The Kier molecular flexibility index (Phi) is 4.20. The normalized spacial score (nSPS) is 23.9. The van der Waals surface area contributed by atoms with E-state index in [9.17, 15) is 10.1 Å². The van der Waals surface area contributed by atoms with Crippen LogP contribution >= 0.6 is 31.9 Å². The molecule has 1 aromatic rings. The summed E-state index contributed by atoms with van der Waals surface area (Å²) in [5.74, 6) is 0.523. The highest BCUT2D eigenvalue weighted by atomic mass is 79.9. The monoisotopic (exact) mass is 361 g/mol. The van der Waals surface area contributed by atoms with E-state index in [1.54, 1.807) is 6.07 Å². The van der Waals surface area contributed by atoms with Gasteiger partial charge in [0.1, 0.15) is 0 Å². The minimum absolute atomic E-state index is 0.228. The standard InChI is InChI=1S/C12H13Br2NO2/c13-10-5-4-9(12(7-10)15(16)17)6-8-2-1-3-11(8)14/h4-5,7-8,11H,1-3,6H2. The summed E-state index contributed by atoms with van der Waals surface area (Å²) in [7, 11) is 0. The zero-order valence-electron chi connectivity index (χ0n) is 9.23. The minimum Gasteiger partial charge on any atom is -0.258 e. The molecule has 1 saturated carbocycles. The molecular weight excluding hydrogens is 350 g/mol. The number of nitro benzene ring substituents is 1. The van der Waals surface area contributed by atoms with Crippen LogP contribution in [-0.4, -0.2) is 9.75 Å². The minimum atomic E-state index is -0.293. The molecule has 0 saturated heterocycles. The summed E-state index contributed by atoms with van der Waals surface area (Å²) in [6.07, 6.45) is 4.34. The number of nitro groups is 1. The van der Waals surface area contributed by atoms with Gasteiger partial charge in [-0.2, -0.15) is 0 Å². The van der Waals surface area contributed by atoms with Gasteiger partial charge >= 0.3 is 0 Å². The Morgan fingerprint density at radius 2 is 2.18 bits per heavy atom. The van der Waals surface area contributed by atoms with Crippen LogP contribution in [0.3, 0.4) is 0 Å². The largest absolute Gasteiger partial charge is 0.273 e. The van der Waals surface area contributed by atoms with Crippen LogP contribution in [0.2, 0.25) is 0 Å². The Balaban J connectivity index is 2.22. The molecule has 2 unspecified atom stereocenters. The van der Waals surface area contributed by atoms with E-state index < -0.39 is 0 Å². The van der Waals surface area contributed by atoms with Crippen LogP contribution in [0, 0.1) is 16.0 Å². The number of nitrogens with zero attached hydrogens (tertiary/aromatic N) is 1. The third-order valence-corrected chi connectivity index (χ3v) is 4.99. The maximum Gasteiger partial charge on any atom is 0.273 e. The number of benzene rings is 1. The smallest absolute Gasteiger partial charge is 0.258 e. The summed E-state index contributed by atoms with van der Waals surface area (Å²) in [4.78, 5) is 11.2. The second-order valence-electron chi connectivity index (χ2n) is 4.44. The lowest BCUT2D eigenvalue weighted by molar-refractivity contribution is -0.385. The van der Waals surface area contributed by atoms with Crippen LogP contribution in [0.25, 0.3) is 0 Å². The first-order valence-electron chi connectivity index (χ1n) is 5.65. The van der Waals surface area contributed by atoms with Gasteiger partial charge in [0.15, 0.2) is 0 Å². The lowest BCUT2D eigenvalue weighted by Crippen LogP contribution is -2.11. The molecule has 1 fully saturated rings. The van der Waals surface area contributed by atoms with Gasteiger partial charge in [0.25, 0.3) is 5.69 Å². The fraction of sp³-hybridized carbons (Fsp3) is 0.500. The highest BCUT2D eigenvalue weighted by Crippen LogP contribution is 2.36. The molecule has 0 aromatic heterocycles. The van der Waals surface area contributed by atoms with E-state index in [4.69, 9.17) is 0 Å². The predicted molar refractivity (Wildman–Crippen MR) is 74.6 cm³/mol. The first kappa shape index (κ1) is 13.0. The molecule has 2 rings (SSSR count). The van der Waals surface area contributed by atoms with E-state index >= 15 is 0 Å². The van der Waals surface area contributed by atoms with Crippen molar-refractivity contribution in [2.24, 2.45) is 5.92 Å². The summed E-state index contributed by atoms with van der Waals surface area (Å²) < 4.78 is 0.759. The van der Waals surface area contributed by atoms with Gasteiger partial charge < -0.3 is 0 Å². The number of alkyl halides is 1. The molecule has 0 radical (unpaired) electrons. The van der Waals surface area contributed by atoms with Crippen molar-refractivity contribution in [2.75, 3.05) is 0 Å². The van der Waals surface area contributed by atoms with Gasteiger partial charge in [-0.15, -0.1) is 0 Å². The molecule has 0 spiro atoms. The number of hydrogen-bond donors (Lipinski definition) is 0. The van der Waals surface area contributed by atoms with Crippen molar-refractivity contribution in [2.45, 2.75) is 30.5 Å². The molecule has 0 aliphatic heterocycles. The molecule has 2 atom stereocenters. The molecule has 0 N–H and O–H groups in total. The second-order valence-corrected chi connectivity index (χ2v) is 6.53. The summed E-state index contributed by atoms with van der Waals surface area (Å²) >= 11 is 6.93. The van der Waals surface area contributed by atoms with Crippen LogP contribution in [0.15, 0.2) is 22.7 Å². The molecule has 1 aliphatic carbocycles. The summed E-state index contributed by atoms with van der Waals surface area (Å²) in [5.41, 5.74) is 1.07. The van der Waals surface area contributed by atoms with Gasteiger partial charge in [-0.05, 0) is 31.2 Å². The second kappa shape index (κ2) is 5.48. The Morgan fingerprint density at radius 3 is 2.76 bits per heavy atom. The zero-order chi connectivity index (χ0) is 12.4. The van der Waals surface area contributed by atoms with Gasteiger partial charge in [0.2, 0.25) is 0 Å².